The number of hydrogen-bond donors (Lipinski definition) is 1. The summed E-state index contributed by atoms with van der Waals surface area (Å²) in [6, 6.07) is 0. The Bertz CT molecular complexity index is 797. The Morgan fingerprint density at radius 1 is 1.12 bits per heavy atom. The van der Waals surface area contributed by atoms with Crippen molar-refractivity contribution in [3.05, 3.63) is 17.6 Å². The van der Waals surface area contributed by atoms with E-state index >= 15 is 0 Å². The van der Waals surface area contributed by atoms with Gasteiger partial charge in [-0.1, -0.05) is 19.8 Å². The largest absolute Gasteiger partial charge is 0.382 e. The lowest BCUT2D eigenvalue weighted by molar-refractivity contribution is 0.575. The van der Waals surface area contributed by atoms with E-state index in [0.29, 0.717) is 17.3 Å². The summed E-state index contributed by atoms with van der Waals surface area (Å²) in [5.41, 5.74) is 8.77. The summed E-state index contributed by atoms with van der Waals surface area (Å²) in [5.74, 6) is 2.00. The molecule has 2 heterocycles. The molecule has 0 aliphatic carbocycles. The minimum absolute atomic E-state index is 0.298. The van der Waals surface area contributed by atoms with Crippen molar-refractivity contribution >= 4 is 26.7 Å². The zero-order chi connectivity index (χ0) is 17.7. The molecule has 0 atom stereocenters. The van der Waals surface area contributed by atoms with Crippen LogP contribution >= 0.6 is 0 Å². The number of fused-ring (bicyclic) bond motifs is 1. The van der Waals surface area contributed by atoms with Crippen LogP contribution in [0.25, 0.3) is 11.0 Å². The van der Waals surface area contributed by atoms with Gasteiger partial charge < -0.3 is 10.3 Å². The molecular formula is C17H28N4O2S. The molecule has 0 unspecified atom stereocenters. The van der Waals surface area contributed by atoms with Crippen molar-refractivity contribution in [1.29, 1.82) is 0 Å². The standard InChI is InChI=1S/C17H28N4O2S/c1-4-5-10-24(22,23)11-8-6-7-9-21-14(3)20-15-16(21)13(2)12-19-17(15)18/h12H,4-11H2,1-3H3,(H2,18,19). The molecule has 0 aliphatic rings. The van der Waals surface area contributed by atoms with Crippen molar-refractivity contribution < 1.29 is 8.42 Å². The van der Waals surface area contributed by atoms with Gasteiger partial charge in [-0.15, -0.1) is 0 Å². The van der Waals surface area contributed by atoms with Crippen LogP contribution in [-0.4, -0.2) is 34.5 Å². The van der Waals surface area contributed by atoms with Gasteiger partial charge in [0.15, 0.2) is 5.82 Å². The number of hydrogen-bond acceptors (Lipinski definition) is 5. The minimum Gasteiger partial charge on any atom is -0.382 e. The van der Waals surface area contributed by atoms with E-state index in [0.717, 1.165) is 61.1 Å². The van der Waals surface area contributed by atoms with Crippen LogP contribution in [0.4, 0.5) is 5.82 Å². The second-order valence-corrected chi connectivity index (χ2v) is 8.70. The Morgan fingerprint density at radius 3 is 2.54 bits per heavy atom. The van der Waals surface area contributed by atoms with Gasteiger partial charge in [-0.3, -0.25) is 0 Å². The van der Waals surface area contributed by atoms with Crippen molar-refractivity contribution in [2.24, 2.45) is 0 Å². The molecule has 2 rings (SSSR count). The van der Waals surface area contributed by atoms with Gasteiger partial charge in [0.2, 0.25) is 0 Å². The average molecular weight is 353 g/mol. The van der Waals surface area contributed by atoms with Crippen LogP contribution in [0, 0.1) is 13.8 Å². The van der Waals surface area contributed by atoms with E-state index in [9.17, 15) is 8.42 Å². The normalized spacial score (nSPS) is 12.1. The molecule has 0 amide bonds. The van der Waals surface area contributed by atoms with Gasteiger partial charge in [-0.2, -0.15) is 0 Å². The molecule has 0 radical (unpaired) electrons. The number of unbranched alkanes of at least 4 members (excludes halogenated alkanes) is 3. The Morgan fingerprint density at radius 2 is 1.83 bits per heavy atom. The number of nitrogens with zero attached hydrogens (tertiary/aromatic N) is 3. The predicted octanol–water partition coefficient (Wildman–Crippen LogP) is 3.02. The zero-order valence-corrected chi connectivity index (χ0v) is 15.7. The molecule has 0 saturated heterocycles. The monoisotopic (exact) mass is 352 g/mol. The van der Waals surface area contributed by atoms with E-state index in [4.69, 9.17) is 5.73 Å². The molecule has 0 aliphatic heterocycles. The van der Waals surface area contributed by atoms with Gasteiger partial charge in [-0.05, 0) is 38.7 Å². The van der Waals surface area contributed by atoms with E-state index in [2.05, 4.69) is 14.5 Å². The number of imidazole rings is 1. The highest BCUT2D eigenvalue weighted by Crippen LogP contribution is 2.23. The SMILES string of the molecule is CCCCS(=O)(=O)CCCCCn1c(C)nc2c(N)ncc(C)c21. The Balaban J connectivity index is 1.93. The summed E-state index contributed by atoms with van der Waals surface area (Å²) >= 11 is 0. The second-order valence-electron chi connectivity index (χ2n) is 6.40. The number of rotatable bonds is 9. The lowest BCUT2D eigenvalue weighted by Gasteiger charge is -2.09. The molecule has 6 nitrogen and oxygen atoms in total. The third-order valence-electron chi connectivity index (χ3n) is 4.32. The number of aryl methyl sites for hydroxylation is 3. The number of anilines is 1. The highest BCUT2D eigenvalue weighted by molar-refractivity contribution is 7.91. The fourth-order valence-electron chi connectivity index (χ4n) is 2.94. The number of sulfone groups is 1. The maximum Gasteiger partial charge on any atom is 0.151 e. The maximum absolute atomic E-state index is 11.9. The summed E-state index contributed by atoms with van der Waals surface area (Å²) in [4.78, 5) is 8.68. The quantitative estimate of drug-likeness (QED) is 0.701. The van der Waals surface area contributed by atoms with Crippen molar-refractivity contribution in [1.82, 2.24) is 14.5 Å². The molecule has 2 aromatic rings. The van der Waals surface area contributed by atoms with Gasteiger partial charge >= 0.3 is 0 Å². The Kier molecular flexibility index (Phi) is 6.21. The third kappa shape index (κ3) is 4.47. The van der Waals surface area contributed by atoms with Gasteiger partial charge in [0, 0.05) is 12.7 Å². The van der Waals surface area contributed by atoms with Crippen LogP contribution in [0.15, 0.2) is 6.20 Å². The number of aromatic nitrogens is 3. The summed E-state index contributed by atoms with van der Waals surface area (Å²) < 4.78 is 25.9. The highest BCUT2D eigenvalue weighted by Gasteiger charge is 2.13. The third-order valence-corrected chi connectivity index (χ3v) is 6.14. The van der Waals surface area contributed by atoms with Crippen molar-refractivity contribution in [2.45, 2.75) is 59.4 Å². The summed E-state index contributed by atoms with van der Waals surface area (Å²) in [6.07, 6.45) is 6.00. The lowest BCUT2D eigenvalue weighted by Crippen LogP contribution is -2.11. The average Bonchev–Trinajstić information content (AvgIpc) is 2.87. The topological polar surface area (TPSA) is 90.9 Å². The number of pyridine rings is 1. The first kappa shape index (κ1) is 18.7. The molecule has 24 heavy (non-hydrogen) atoms. The predicted molar refractivity (Wildman–Crippen MR) is 98.8 cm³/mol. The summed E-state index contributed by atoms with van der Waals surface area (Å²) in [5, 5.41) is 0. The molecule has 7 heteroatoms. The van der Waals surface area contributed by atoms with Gasteiger partial charge in [0.05, 0.1) is 17.0 Å². The van der Waals surface area contributed by atoms with Crippen LogP contribution in [0.3, 0.4) is 0 Å². The van der Waals surface area contributed by atoms with E-state index in [1.807, 2.05) is 20.8 Å². The molecule has 2 aromatic heterocycles. The Labute approximate surface area is 144 Å². The van der Waals surface area contributed by atoms with E-state index in [1.165, 1.54) is 0 Å². The fraction of sp³-hybridized carbons (Fsp3) is 0.647. The minimum atomic E-state index is -2.88. The Hall–Kier alpha value is -1.63. The highest BCUT2D eigenvalue weighted by atomic mass is 32.2. The maximum atomic E-state index is 11.9. The molecule has 0 fully saturated rings. The molecule has 2 N–H and O–H groups in total. The molecular weight excluding hydrogens is 324 g/mol. The molecule has 0 saturated carbocycles. The van der Waals surface area contributed by atoms with Crippen LogP contribution < -0.4 is 5.73 Å². The van der Waals surface area contributed by atoms with Gasteiger partial charge in [0.25, 0.3) is 0 Å². The van der Waals surface area contributed by atoms with Crippen LogP contribution in [0.1, 0.15) is 50.4 Å². The van der Waals surface area contributed by atoms with Crippen LogP contribution in [0.2, 0.25) is 0 Å². The first-order valence-electron chi connectivity index (χ1n) is 8.64. The first-order chi connectivity index (χ1) is 11.4. The van der Waals surface area contributed by atoms with Gasteiger partial charge in [0.1, 0.15) is 21.2 Å². The van der Waals surface area contributed by atoms with Crippen molar-refractivity contribution in [2.75, 3.05) is 17.2 Å². The summed E-state index contributed by atoms with van der Waals surface area (Å²) in [7, 11) is -2.88. The molecule has 134 valence electrons. The molecule has 0 bridgehead atoms. The van der Waals surface area contributed by atoms with Crippen molar-refractivity contribution in [3.8, 4) is 0 Å². The van der Waals surface area contributed by atoms with Gasteiger partial charge in [-0.25, -0.2) is 18.4 Å². The second kappa shape index (κ2) is 7.96. The van der Waals surface area contributed by atoms with E-state index in [1.54, 1.807) is 6.20 Å². The molecule has 0 spiro atoms. The summed E-state index contributed by atoms with van der Waals surface area (Å²) in [6.45, 7) is 6.81. The van der Waals surface area contributed by atoms with Crippen LogP contribution in [-0.2, 0) is 16.4 Å². The zero-order valence-electron chi connectivity index (χ0n) is 14.9. The van der Waals surface area contributed by atoms with E-state index in [-0.39, 0.29) is 0 Å². The van der Waals surface area contributed by atoms with Crippen LogP contribution in [0.5, 0.6) is 0 Å². The number of nitrogens with two attached hydrogens (primary N) is 1. The fourth-order valence-corrected chi connectivity index (χ4v) is 4.52. The smallest absolute Gasteiger partial charge is 0.151 e. The number of nitrogen functional groups attached to an aromatic ring is 1. The first-order valence-corrected chi connectivity index (χ1v) is 10.5. The van der Waals surface area contributed by atoms with Crippen molar-refractivity contribution in [3.63, 3.8) is 0 Å². The molecule has 0 aromatic carbocycles. The lowest BCUT2D eigenvalue weighted by atomic mass is 10.2. The van der Waals surface area contributed by atoms with E-state index < -0.39 is 9.84 Å².